The SMILES string of the molecule is CN1C(=O)[C@H]2CCC=C[C@H]2[N+]1=C1c2ccccc2-c2ccccc21. The van der Waals surface area contributed by atoms with E-state index in [0.717, 1.165) is 18.6 Å². The predicted octanol–water partition coefficient (Wildman–Crippen LogP) is 3.24. The normalized spacial score (nSPS) is 24.2. The van der Waals surface area contributed by atoms with Gasteiger partial charge in [0.25, 0.3) is 5.91 Å². The molecule has 0 radical (unpaired) electrons. The Hall–Kier alpha value is -2.68. The highest BCUT2D eigenvalue weighted by molar-refractivity contribution is 6.22. The molecule has 2 aromatic carbocycles. The van der Waals surface area contributed by atoms with E-state index < -0.39 is 0 Å². The minimum atomic E-state index is 0.0763. The van der Waals surface area contributed by atoms with Crippen molar-refractivity contribution in [2.45, 2.75) is 18.9 Å². The highest BCUT2D eigenvalue weighted by Crippen LogP contribution is 2.39. The van der Waals surface area contributed by atoms with Crippen molar-refractivity contribution in [2.24, 2.45) is 5.92 Å². The summed E-state index contributed by atoms with van der Waals surface area (Å²) in [6.45, 7) is 0. The van der Waals surface area contributed by atoms with E-state index in [1.165, 1.54) is 22.3 Å². The number of hydrogen-bond donors (Lipinski definition) is 0. The second-order valence-electron chi connectivity index (χ2n) is 6.75. The minimum Gasteiger partial charge on any atom is -0.268 e. The van der Waals surface area contributed by atoms with E-state index in [1.807, 2.05) is 12.1 Å². The van der Waals surface area contributed by atoms with E-state index >= 15 is 0 Å². The van der Waals surface area contributed by atoms with Gasteiger partial charge in [0.1, 0.15) is 5.92 Å². The fraction of sp³-hybridized carbons (Fsp3) is 0.238. The summed E-state index contributed by atoms with van der Waals surface area (Å²) < 4.78 is 2.22. The molecule has 1 aliphatic heterocycles. The van der Waals surface area contributed by atoms with Gasteiger partial charge in [-0.1, -0.05) is 47.2 Å². The third-order valence-corrected chi connectivity index (χ3v) is 5.52. The Morgan fingerprint density at radius 1 is 0.958 bits per heavy atom. The standard InChI is InChI=1S/C21H19N2O/c1-22-21(24)18-12-6-7-13-19(18)23(22)20-16-10-4-2-8-14(16)15-9-3-5-11-17(15)20/h2-5,7-11,13,18-19H,6,12H2,1H3/q+1/t18-,19+/m0/s1. The fourth-order valence-corrected chi connectivity index (χ4v) is 4.42. The lowest BCUT2D eigenvalue weighted by Crippen LogP contribution is -2.36. The van der Waals surface area contributed by atoms with Crippen molar-refractivity contribution >= 4 is 11.6 Å². The lowest BCUT2D eigenvalue weighted by molar-refractivity contribution is -0.670. The number of carbonyl (C=O) groups is 1. The summed E-state index contributed by atoms with van der Waals surface area (Å²) in [4.78, 5) is 12.8. The summed E-state index contributed by atoms with van der Waals surface area (Å²) in [7, 11) is 1.91. The second-order valence-corrected chi connectivity index (χ2v) is 6.75. The van der Waals surface area contributed by atoms with Crippen LogP contribution in [-0.2, 0) is 4.79 Å². The number of hydrazone groups is 1. The first-order valence-electron chi connectivity index (χ1n) is 8.57. The number of amides is 1. The molecule has 118 valence electrons. The third-order valence-electron chi connectivity index (χ3n) is 5.52. The molecule has 3 heteroatoms. The van der Waals surface area contributed by atoms with Crippen LogP contribution < -0.4 is 0 Å². The Balaban J connectivity index is 1.85. The van der Waals surface area contributed by atoms with Crippen LogP contribution in [0.2, 0.25) is 0 Å². The molecule has 1 heterocycles. The molecule has 3 nitrogen and oxygen atoms in total. The average Bonchev–Trinajstić information content (AvgIpc) is 3.08. The van der Waals surface area contributed by atoms with Gasteiger partial charge in [-0.3, -0.25) is 4.79 Å². The number of carbonyl (C=O) groups excluding carboxylic acids is 1. The Morgan fingerprint density at radius 3 is 2.17 bits per heavy atom. The van der Waals surface area contributed by atoms with Crippen LogP contribution in [-0.4, -0.2) is 34.4 Å². The fourth-order valence-electron chi connectivity index (χ4n) is 4.42. The number of hydrogen-bond acceptors (Lipinski definition) is 1. The van der Waals surface area contributed by atoms with Gasteiger partial charge >= 0.3 is 0 Å². The summed E-state index contributed by atoms with van der Waals surface area (Å²) in [6, 6.07) is 17.1. The first kappa shape index (κ1) is 13.7. The summed E-state index contributed by atoms with van der Waals surface area (Å²) in [5.41, 5.74) is 6.12. The highest BCUT2D eigenvalue weighted by atomic mass is 16.2. The molecule has 24 heavy (non-hydrogen) atoms. The van der Waals surface area contributed by atoms with E-state index in [1.54, 1.807) is 0 Å². The first-order valence-corrected chi connectivity index (χ1v) is 8.57. The van der Waals surface area contributed by atoms with Crippen molar-refractivity contribution in [2.75, 3.05) is 7.05 Å². The molecular weight excluding hydrogens is 296 g/mol. The maximum Gasteiger partial charge on any atom is 0.287 e. The zero-order valence-corrected chi connectivity index (χ0v) is 13.6. The molecule has 2 aromatic rings. The number of allylic oxidation sites excluding steroid dienone is 1. The number of benzene rings is 2. The highest BCUT2D eigenvalue weighted by Gasteiger charge is 2.52. The van der Waals surface area contributed by atoms with Gasteiger partial charge in [0.05, 0.1) is 18.2 Å². The van der Waals surface area contributed by atoms with E-state index in [4.69, 9.17) is 0 Å². The average molecular weight is 315 g/mol. The Labute approximate surface area is 141 Å². The summed E-state index contributed by atoms with van der Waals surface area (Å²) >= 11 is 0. The van der Waals surface area contributed by atoms with Gasteiger partial charge in [-0.2, -0.15) is 0 Å². The molecule has 0 unspecified atom stereocenters. The van der Waals surface area contributed by atoms with Crippen LogP contribution in [0.25, 0.3) is 11.1 Å². The monoisotopic (exact) mass is 315 g/mol. The number of hydrazine groups is 1. The molecule has 0 bridgehead atoms. The van der Waals surface area contributed by atoms with Crippen molar-refractivity contribution < 1.29 is 9.48 Å². The van der Waals surface area contributed by atoms with Crippen molar-refractivity contribution in [3.8, 4) is 11.1 Å². The lowest BCUT2D eigenvalue weighted by atomic mass is 9.90. The van der Waals surface area contributed by atoms with Crippen LogP contribution in [0, 0.1) is 5.92 Å². The van der Waals surface area contributed by atoms with Crippen LogP contribution in [0.4, 0.5) is 0 Å². The van der Waals surface area contributed by atoms with Crippen LogP contribution in [0.1, 0.15) is 24.0 Å². The Kier molecular flexibility index (Phi) is 2.81. The smallest absolute Gasteiger partial charge is 0.268 e. The molecule has 2 aliphatic carbocycles. The van der Waals surface area contributed by atoms with Crippen molar-refractivity contribution in [3.05, 3.63) is 71.8 Å². The number of nitrogens with zero attached hydrogens (tertiary/aromatic N) is 2. The molecule has 1 amide bonds. The van der Waals surface area contributed by atoms with E-state index in [9.17, 15) is 4.79 Å². The molecule has 0 aromatic heterocycles. The maximum atomic E-state index is 12.8. The van der Waals surface area contributed by atoms with Gasteiger partial charge in [-0.15, -0.1) is 5.01 Å². The van der Waals surface area contributed by atoms with Crippen LogP contribution in [0.3, 0.4) is 0 Å². The number of fused-ring (bicyclic) bond motifs is 4. The molecule has 5 rings (SSSR count). The zero-order chi connectivity index (χ0) is 16.3. The van der Waals surface area contributed by atoms with Crippen LogP contribution in [0.15, 0.2) is 60.7 Å². The molecule has 2 atom stereocenters. The maximum absolute atomic E-state index is 12.8. The molecular formula is C21H19N2O+. The Morgan fingerprint density at radius 2 is 1.54 bits per heavy atom. The van der Waals surface area contributed by atoms with Gasteiger partial charge in [-0.05, 0) is 42.2 Å². The largest absolute Gasteiger partial charge is 0.287 e. The first-order chi connectivity index (χ1) is 11.8. The van der Waals surface area contributed by atoms with Crippen molar-refractivity contribution in [1.82, 2.24) is 5.01 Å². The van der Waals surface area contributed by atoms with Gasteiger partial charge in [0.15, 0.2) is 0 Å². The molecule has 3 aliphatic rings. The number of rotatable bonds is 0. The van der Waals surface area contributed by atoms with E-state index in [2.05, 4.69) is 65.4 Å². The lowest BCUT2D eigenvalue weighted by Gasteiger charge is -2.14. The van der Waals surface area contributed by atoms with Crippen LogP contribution >= 0.6 is 0 Å². The summed E-state index contributed by atoms with van der Waals surface area (Å²) in [5, 5.41) is 1.83. The van der Waals surface area contributed by atoms with Gasteiger partial charge in [0.2, 0.25) is 11.8 Å². The van der Waals surface area contributed by atoms with Crippen LogP contribution in [0.5, 0.6) is 0 Å². The summed E-state index contributed by atoms with van der Waals surface area (Å²) in [5.74, 6) is 0.311. The van der Waals surface area contributed by atoms with Crippen molar-refractivity contribution in [3.63, 3.8) is 0 Å². The van der Waals surface area contributed by atoms with Gasteiger partial charge in [0, 0.05) is 0 Å². The molecule has 1 saturated heterocycles. The summed E-state index contributed by atoms with van der Waals surface area (Å²) in [6.07, 6.45) is 6.37. The quantitative estimate of drug-likeness (QED) is 0.461. The molecule has 1 fully saturated rings. The predicted molar refractivity (Wildman–Crippen MR) is 93.8 cm³/mol. The topological polar surface area (TPSA) is 23.3 Å². The zero-order valence-electron chi connectivity index (χ0n) is 13.6. The van der Waals surface area contributed by atoms with Gasteiger partial charge in [-0.25, -0.2) is 0 Å². The molecule has 0 spiro atoms. The second kappa shape index (κ2) is 4.91. The molecule has 0 saturated carbocycles. The third kappa shape index (κ3) is 1.67. The van der Waals surface area contributed by atoms with Gasteiger partial charge < -0.3 is 0 Å². The van der Waals surface area contributed by atoms with E-state index in [0.29, 0.717) is 0 Å². The minimum absolute atomic E-state index is 0.0763. The molecule has 0 N–H and O–H groups in total. The Bertz CT molecular complexity index is 877. The van der Waals surface area contributed by atoms with E-state index in [-0.39, 0.29) is 17.9 Å². The van der Waals surface area contributed by atoms with Crippen molar-refractivity contribution in [1.29, 1.82) is 0 Å².